The fraction of sp³-hybridized carbons (Fsp3) is 0.0833. The van der Waals surface area contributed by atoms with Crippen molar-refractivity contribution < 1.29 is 19.2 Å². The molecule has 0 amide bonds. The Morgan fingerprint density at radius 1 is 1.37 bits per heavy atom. The summed E-state index contributed by atoms with van der Waals surface area (Å²) in [5.41, 5.74) is -0.00170. The number of pyridine rings is 1. The van der Waals surface area contributed by atoms with Crippen LogP contribution in [0.15, 0.2) is 36.5 Å². The predicted molar refractivity (Wildman–Crippen MR) is 63.3 cm³/mol. The smallest absolute Gasteiger partial charge is 0.305 e. The van der Waals surface area contributed by atoms with Crippen LogP contribution in [0.2, 0.25) is 0 Å². The standard InChI is InChI=1S/C12H9FN2O4/c13-10-5-9(2-3-11(10)15(17)18)19-12-4-1-8(7-16)6-14-12/h1-6,16H,7H2. The van der Waals surface area contributed by atoms with E-state index in [1.165, 1.54) is 18.3 Å². The van der Waals surface area contributed by atoms with Crippen LogP contribution >= 0.6 is 0 Å². The van der Waals surface area contributed by atoms with Gasteiger partial charge in [0.2, 0.25) is 11.7 Å². The summed E-state index contributed by atoms with van der Waals surface area (Å²) in [5, 5.41) is 19.3. The van der Waals surface area contributed by atoms with Crippen molar-refractivity contribution in [2.75, 3.05) is 0 Å². The van der Waals surface area contributed by atoms with Crippen molar-refractivity contribution in [2.24, 2.45) is 0 Å². The molecule has 0 saturated heterocycles. The van der Waals surface area contributed by atoms with E-state index in [0.717, 1.165) is 12.1 Å². The lowest BCUT2D eigenvalue weighted by Gasteiger charge is -2.05. The molecule has 0 bridgehead atoms. The van der Waals surface area contributed by atoms with Crippen LogP contribution in [0.1, 0.15) is 5.56 Å². The lowest BCUT2D eigenvalue weighted by Crippen LogP contribution is -1.94. The number of nitro benzene ring substituents is 1. The van der Waals surface area contributed by atoms with Gasteiger partial charge in [-0.1, -0.05) is 0 Å². The number of halogens is 1. The number of rotatable bonds is 4. The first kappa shape index (κ1) is 12.9. The normalized spacial score (nSPS) is 10.2. The Hall–Kier alpha value is -2.54. The second-order valence-electron chi connectivity index (χ2n) is 3.64. The Morgan fingerprint density at radius 3 is 2.68 bits per heavy atom. The zero-order valence-electron chi connectivity index (χ0n) is 9.62. The Balaban J connectivity index is 2.18. The van der Waals surface area contributed by atoms with Gasteiger partial charge in [-0.3, -0.25) is 10.1 Å². The van der Waals surface area contributed by atoms with Crippen molar-refractivity contribution >= 4 is 5.69 Å². The molecule has 0 spiro atoms. The summed E-state index contributed by atoms with van der Waals surface area (Å²) in [6.45, 7) is -0.139. The molecule has 2 rings (SSSR count). The summed E-state index contributed by atoms with van der Waals surface area (Å²) < 4.78 is 18.6. The van der Waals surface area contributed by atoms with Crippen LogP contribution in [0.4, 0.5) is 10.1 Å². The highest BCUT2D eigenvalue weighted by atomic mass is 19.1. The van der Waals surface area contributed by atoms with Gasteiger partial charge in [0.25, 0.3) is 0 Å². The van der Waals surface area contributed by atoms with Gasteiger partial charge >= 0.3 is 5.69 Å². The van der Waals surface area contributed by atoms with Gasteiger partial charge in [-0.25, -0.2) is 4.98 Å². The largest absolute Gasteiger partial charge is 0.439 e. The van der Waals surface area contributed by atoms with E-state index in [1.54, 1.807) is 6.07 Å². The van der Waals surface area contributed by atoms with Gasteiger partial charge in [0.15, 0.2) is 0 Å². The van der Waals surface area contributed by atoms with Crippen LogP contribution in [0, 0.1) is 15.9 Å². The van der Waals surface area contributed by atoms with Crippen molar-refractivity contribution in [1.29, 1.82) is 0 Å². The fourth-order valence-electron chi connectivity index (χ4n) is 1.38. The second-order valence-corrected chi connectivity index (χ2v) is 3.64. The van der Waals surface area contributed by atoms with Gasteiger partial charge in [-0.15, -0.1) is 0 Å². The maximum Gasteiger partial charge on any atom is 0.305 e. The van der Waals surface area contributed by atoms with Gasteiger partial charge in [0.05, 0.1) is 11.5 Å². The third-order valence-electron chi connectivity index (χ3n) is 2.32. The second kappa shape index (κ2) is 5.40. The average molecular weight is 264 g/mol. The Kier molecular flexibility index (Phi) is 3.67. The molecule has 0 saturated carbocycles. The highest BCUT2D eigenvalue weighted by Gasteiger charge is 2.14. The minimum Gasteiger partial charge on any atom is -0.439 e. The van der Waals surface area contributed by atoms with Crippen LogP contribution in [0.3, 0.4) is 0 Å². The molecule has 0 radical (unpaired) electrons. The van der Waals surface area contributed by atoms with E-state index >= 15 is 0 Å². The maximum absolute atomic E-state index is 13.3. The van der Waals surface area contributed by atoms with Crippen LogP contribution in [0.25, 0.3) is 0 Å². The number of hydrogen-bond donors (Lipinski definition) is 1. The summed E-state index contributed by atoms with van der Waals surface area (Å²) in [4.78, 5) is 13.5. The van der Waals surface area contributed by atoms with Crippen molar-refractivity contribution in [1.82, 2.24) is 4.98 Å². The molecule has 0 aliphatic carbocycles. The predicted octanol–water partition coefficient (Wildman–Crippen LogP) is 2.41. The van der Waals surface area contributed by atoms with Crippen molar-refractivity contribution in [3.05, 3.63) is 58.0 Å². The summed E-state index contributed by atoms with van der Waals surface area (Å²) in [6.07, 6.45) is 1.41. The molecule has 1 N–H and O–H groups in total. The number of aliphatic hydroxyl groups is 1. The first-order valence-corrected chi connectivity index (χ1v) is 5.27. The number of aromatic nitrogens is 1. The van der Waals surface area contributed by atoms with Crippen molar-refractivity contribution in [2.45, 2.75) is 6.61 Å². The molecule has 0 fully saturated rings. The highest BCUT2D eigenvalue weighted by molar-refractivity contribution is 5.39. The molecule has 19 heavy (non-hydrogen) atoms. The van der Waals surface area contributed by atoms with E-state index in [9.17, 15) is 14.5 Å². The molecular weight excluding hydrogens is 255 g/mol. The highest BCUT2D eigenvalue weighted by Crippen LogP contribution is 2.25. The van der Waals surface area contributed by atoms with Crippen LogP contribution in [0.5, 0.6) is 11.6 Å². The van der Waals surface area contributed by atoms with Crippen LogP contribution in [-0.2, 0) is 6.61 Å². The molecule has 98 valence electrons. The molecular formula is C12H9FN2O4. The zero-order valence-corrected chi connectivity index (χ0v) is 9.62. The summed E-state index contributed by atoms with van der Waals surface area (Å²) in [6, 6.07) is 6.32. The number of benzene rings is 1. The number of aliphatic hydroxyl groups excluding tert-OH is 1. The monoisotopic (exact) mass is 264 g/mol. The Morgan fingerprint density at radius 2 is 2.16 bits per heavy atom. The molecule has 7 heteroatoms. The molecule has 1 aromatic carbocycles. The molecule has 1 aromatic heterocycles. The number of hydrogen-bond acceptors (Lipinski definition) is 5. The number of ether oxygens (including phenoxy) is 1. The quantitative estimate of drug-likeness (QED) is 0.677. The lowest BCUT2D eigenvalue weighted by molar-refractivity contribution is -0.387. The minimum absolute atomic E-state index is 0.104. The van der Waals surface area contributed by atoms with Crippen LogP contribution < -0.4 is 4.74 Å². The van der Waals surface area contributed by atoms with E-state index in [0.29, 0.717) is 5.56 Å². The summed E-state index contributed by atoms with van der Waals surface area (Å²) in [7, 11) is 0. The van der Waals surface area contributed by atoms with Crippen molar-refractivity contribution in [3.63, 3.8) is 0 Å². The molecule has 2 aromatic rings. The minimum atomic E-state index is -0.977. The zero-order chi connectivity index (χ0) is 13.8. The molecule has 1 heterocycles. The SMILES string of the molecule is O=[N+]([O-])c1ccc(Oc2ccc(CO)cn2)cc1F. The molecule has 0 aliphatic rings. The molecule has 0 aliphatic heterocycles. The topological polar surface area (TPSA) is 85.5 Å². The lowest BCUT2D eigenvalue weighted by atomic mass is 10.3. The Labute approximate surface area is 107 Å². The van der Waals surface area contributed by atoms with E-state index in [2.05, 4.69) is 4.98 Å². The number of nitro groups is 1. The van der Waals surface area contributed by atoms with E-state index in [1.807, 2.05) is 0 Å². The first-order valence-electron chi connectivity index (χ1n) is 5.27. The maximum atomic E-state index is 13.3. The Bertz CT molecular complexity index is 601. The number of nitrogens with zero attached hydrogens (tertiary/aromatic N) is 2. The van der Waals surface area contributed by atoms with E-state index in [-0.39, 0.29) is 18.2 Å². The van der Waals surface area contributed by atoms with Gasteiger partial charge < -0.3 is 9.84 Å². The molecule has 0 atom stereocenters. The summed E-state index contributed by atoms with van der Waals surface area (Å²) >= 11 is 0. The van der Waals surface area contributed by atoms with Gasteiger partial charge in [-0.2, -0.15) is 4.39 Å². The van der Waals surface area contributed by atoms with E-state index in [4.69, 9.17) is 9.84 Å². The van der Waals surface area contributed by atoms with Gasteiger partial charge in [0.1, 0.15) is 5.75 Å². The summed E-state index contributed by atoms with van der Waals surface area (Å²) in [5.74, 6) is -0.674. The van der Waals surface area contributed by atoms with Crippen molar-refractivity contribution in [3.8, 4) is 11.6 Å². The fourth-order valence-corrected chi connectivity index (χ4v) is 1.38. The van der Waals surface area contributed by atoms with Gasteiger partial charge in [-0.05, 0) is 17.7 Å². The third kappa shape index (κ3) is 3.02. The van der Waals surface area contributed by atoms with Gasteiger partial charge in [0, 0.05) is 24.4 Å². The molecule has 6 nitrogen and oxygen atoms in total. The third-order valence-corrected chi connectivity index (χ3v) is 2.32. The first-order chi connectivity index (χ1) is 9.10. The van der Waals surface area contributed by atoms with Crippen LogP contribution in [-0.4, -0.2) is 15.0 Å². The molecule has 0 unspecified atom stereocenters. The van der Waals surface area contributed by atoms with E-state index < -0.39 is 16.4 Å². The average Bonchev–Trinajstić information content (AvgIpc) is 2.39.